The Morgan fingerprint density at radius 2 is 2.33 bits per heavy atom. The largest absolute Gasteiger partial charge is 0.326 e. The van der Waals surface area contributed by atoms with Crippen LogP contribution in [0.2, 0.25) is 0 Å². The van der Waals surface area contributed by atoms with E-state index in [1.165, 1.54) is 0 Å². The molecule has 1 N–H and O–H groups in total. The number of imidazole rings is 1. The smallest absolute Gasteiger partial charge is 0.207 e. The van der Waals surface area contributed by atoms with Crippen LogP contribution in [0.1, 0.15) is 5.56 Å². The maximum Gasteiger partial charge on any atom is 0.207 e. The van der Waals surface area contributed by atoms with Crippen molar-refractivity contribution in [1.29, 1.82) is 0 Å². The van der Waals surface area contributed by atoms with Gasteiger partial charge in [0.25, 0.3) is 0 Å². The van der Waals surface area contributed by atoms with Gasteiger partial charge >= 0.3 is 0 Å². The summed E-state index contributed by atoms with van der Waals surface area (Å²) in [5, 5.41) is 3.22. The predicted molar refractivity (Wildman–Crippen MR) is 62.5 cm³/mol. The average Bonchev–Trinajstić information content (AvgIpc) is 2.65. The van der Waals surface area contributed by atoms with Gasteiger partial charge in [0, 0.05) is 31.0 Å². The first kappa shape index (κ1) is 10.1. The first-order valence-corrected chi connectivity index (χ1v) is 5.22. The van der Waals surface area contributed by atoms with Crippen LogP contribution in [0.25, 0.3) is 0 Å². The molecule has 0 fully saturated rings. The Hall–Kier alpha value is -1.48. The molecule has 0 aliphatic rings. The highest BCUT2D eigenvalue weighted by Gasteiger charge is 1.99. The van der Waals surface area contributed by atoms with Crippen LogP contribution in [0, 0.1) is 0 Å². The molecule has 2 rings (SSSR count). The van der Waals surface area contributed by atoms with Crippen LogP contribution in [0.5, 0.6) is 0 Å². The summed E-state index contributed by atoms with van der Waals surface area (Å²) in [5.41, 5.74) is 2.10. The molecule has 0 saturated heterocycles. The van der Waals surface area contributed by atoms with E-state index in [0.717, 1.165) is 17.2 Å². The normalized spacial score (nSPS) is 10.3. The lowest BCUT2D eigenvalue weighted by Crippen LogP contribution is -1.98. The Labute approximate surface area is 93.7 Å². The number of anilines is 2. The van der Waals surface area contributed by atoms with Crippen molar-refractivity contribution in [3.8, 4) is 0 Å². The van der Waals surface area contributed by atoms with Gasteiger partial charge in [-0.25, -0.2) is 4.98 Å². The van der Waals surface area contributed by atoms with Crippen molar-refractivity contribution in [2.75, 3.05) is 5.32 Å². The molecule has 0 bridgehead atoms. The van der Waals surface area contributed by atoms with Crippen molar-refractivity contribution in [1.82, 2.24) is 9.55 Å². The number of nitrogens with one attached hydrogen (secondary N) is 1. The van der Waals surface area contributed by atoms with Crippen LogP contribution < -0.4 is 5.32 Å². The van der Waals surface area contributed by atoms with Gasteiger partial charge in [-0.2, -0.15) is 0 Å². The first-order valence-electron chi connectivity index (χ1n) is 4.69. The van der Waals surface area contributed by atoms with Gasteiger partial charge in [-0.15, -0.1) is 11.6 Å². The number of aromatic nitrogens is 2. The van der Waals surface area contributed by atoms with Crippen LogP contribution in [-0.4, -0.2) is 9.55 Å². The zero-order valence-electron chi connectivity index (χ0n) is 8.44. The minimum atomic E-state index is 0.524. The minimum absolute atomic E-state index is 0.524. The number of halogens is 1. The fourth-order valence-electron chi connectivity index (χ4n) is 1.35. The van der Waals surface area contributed by atoms with Crippen molar-refractivity contribution in [2.24, 2.45) is 7.05 Å². The highest BCUT2D eigenvalue weighted by Crippen LogP contribution is 2.16. The third-order valence-corrected chi connectivity index (χ3v) is 2.47. The van der Waals surface area contributed by atoms with E-state index in [4.69, 9.17) is 11.6 Å². The maximum atomic E-state index is 5.76. The van der Waals surface area contributed by atoms with Crippen molar-refractivity contribution in [2.45, 2.75) is 5.88 Å². The summed E-state index contributed by atoms with van der Waals surface area (Å²) < 4.78 is 1.92. The quantitative estimate of drug-likeness (QED) is 0.808. The summed E-state index contributed by atoms with van der Waals surface area (Å²) in [7, 11) is 1.95. The zero-order valence-corrected chi connectivity index (χ0v) is 9.20. The Bertz CT molecular complexity index is 451. The van der Waals surface area contributed by atoms with Crippen LogP contribution in [0.3, 0.4) is 0 Å². The van der Waals surface area contributed by atoms with Crippen molar-refractivity contribution < 1.29 is 0 Å². The number of nitrogens with zero attached hydrogens (tertiary/aromatic N) is 2. The van der Waals surface area contributed by atoms with E-state index >= 15 is 0 Å². The Kier molecular flexibility index (Phi) is 2.92. The lowest BCUT2D eigenvalue weighted by molar-refractivity contribution is 0.924. The number of rotatable bonds is 3. The van der Waals surface area contributed by atoms with E-state index < -0.39 is 0 Å². The molecule has 0 unspecified atom stereocenters. The Balaban J connectivity index is 2.21. The van der Waals surface area contributed by atoms with Gasteiger partial charge in [0.05, 0.1) is 0 Å². The topological polar surface area (TPSA) is 29.9 Å². The van der Waals surface area contributed by atoms with Gasteiger partial charge in [-0.3, -0.25) is 0 Å². The molecule has 0 radical (unpaired) electrons. The van der Waals surface area contributed by atoms with Crippen molar-refractivity contribution >= 4 is 23.2 Å². The zero-order chi connectivity index (χ0) is 10.7. The van der Waals surface area contributed by atoms with E-state index in [2.05, 4.69) is 10.3 Å². The number of benzene rings is 1. The summed E-state index contributed by atoms with van der Waals surface area (Å²) in [5.74, 6) is 1.34. The molecule has 1 aromatic heterocycles. The molecule has 0 aliphatic carbocycles. The third-order valence-electron chi connectivity index (χ3n) is 2.16. The monoisotopic (exact) mass is 221 g/mol. The molecule has 0 saturated carbocycles. The number of hydrogen-bond donors (Lipinski definition) is 1. The Morgan fingerprint density at radius 3 is 3.00 bits per heavy atom. The van der Waals surface area contributed by atoms with Gasteiger partial charge in [0.1, 0.15) is 0 Å². The molecule has 4 heteroatoms. The predicted octanol–water partition coefficient (Wildman–Crippen LogP) is 2.90. The molecule has 15 heavy (non-hydrogen) atoms. The molecular weight excluding hydrogens is 210 g/mol. The summed E-state index contributed by atoms with van der Waals surface area (Å²) in [6.07, 6.45) is 3.65. The molecule has 0 aliphatic heterocycles. The SMILES string of the molecule is Cn1ccnc1Nc1cccc(CCl)c1. The maximum absolute atomic E-state index is 5.76. The second-order valence-corrected chi connectivity index (χ2v) is 3.59. The second kappa shape index (κ2) is 4.36. The van der Waals surface area contributed by atoms with Crippen molar-refractivity contribution in [3.63, 3.8) is 0 Å². The Morgan fingerprint density at radius 1 is 1.47 bits per heavy atom. The number of alkyl halides is 1. The van der Waals surface area contributed by atoms with Gasteiger partial charge in [-0.1, -0.05) is 12.1 Å². The summed E-state index contributed by atoms with van der Waals surface area (Å²) in [4.78, 5) is 4.19. The highest BCUT2D eigenvalue weighted by molar-refractivity contribution is 6.17. The second-order valence-electron chi connectivity index (χ2n) is 3.32. The average molecular weight is 222 g/mol. The van der Waals surface area contributed by atoms with Crippen molar-refractivity contribution in [3.05, 3.63) is 42.2 Å². The van der Waals surface area contributed by atoms with E-state index in [1.807, 2.05) is 42.1 Å². The molecule has 78 valence electrons. The first-order chi connectivity index (χ1) is 7.29. The van der Waals surface area contributed by atoms with Gasteiger partial charge in [0.2, 0.25) is 5.95 Å². The molecule has 0 atom stereocenters. The summed E-state index contributed by atoms with van der Waals surface area (Å²) in [6.45, 7) is 0. The third kappa shape index (κ3) is 2.30. The fraction of sp³-hybridized carbons (Fsp3) is 0.182. The number of hydrogen-bond acceptors (Lipinski definition) is 2. The van der Waals surface area contributed by atoms with E-state index in [0.29, 0.717) is 5.88 Å². The molecule has 2 aromatic rings. The van der Waals surface area contributed by atoms with E-state index in [9.17, 15) is 0 Å². The van der Waals surface area contributed by atoms with Crippen LogP contribution in [-0.2, 0) is 12.9 Å². The van der Waals surface area contributed by atoms with Gasteiger partial charge in [0.15, 0.2) is 0 Å². The van der Waals surface area contributed by atoms with Gasteiger partial charge in [-0.05, 0) is 17.7 Å². The molecule has 1 heterocycles. The molecule has 0 spiro atoms. The highest BCUT2D eigenvalue weighted by atomic mass is 35.5. The fourth-order valence-corrected chi connectivity index (χ4v) is 1.51. The minimum Gasteiger partial charge on any atom is -0.326 e. The summed E-state index contributed by atoms with van der Waals surface area (Å²) >= 11 is 5.76. The molecular formula is C11H12ClN3. The van der Waals surface area contributed by atoms with Crippen LogP contribution in [0.4, 0.5) is 11.6 Å². The summed E-state index contributed by atoms with van der Waals surface area (Å²) in [6, 6.07) is 7.98. The lowest BCUT2D eigenvalue weighted by Gasteiger charge is -2.06. The molecule has 0 amide bonds. The van der Waals surface area contributed by atoms with E-state index in [-0.39, 0.29) is 0 Å². The van der Waals surface area contributed by atoms with Crippen LogP contribution >= 0.6 is 11.6 Å². The van der Waals surface area contributed by atoms with Gasteiger partial charge < -0.3 is 9.88 Å². The van der Waals surface area contributed by atoms with E-state index in [1.54, 1.807) is 6.20 Å². The number of aryl methyl sites for hydroxylation is 1. The standard InChI is InChI=1S/C11H12ClN3/c1-15-6-5-13-11(15)14-10-4-2-3-9(7-10)8-12/h2-7H,8H2,1H3,(H,13,14). The van der Waals surface area contributed by atoms with Crippen LogP contribution in [0.15, 0.2) is 36.7 Å². The lowest BCUT2D eigenvalue weighted by atomic mass is 10.2. The molecule has 3 nitrogen and oxygen atoms in total. The molecule has 1 aromatic carbocycles.